The first-order valence-corrected chi connectivity index (χ1v) is 13.2. The summed E-state index contributed by atoms with van der Waals surface area (Å²) in [6.07, 6.45) is 1.37. The van der Waals surface area contributed by atoms with Gasteiger partial charge in [-0.25, -0.2) is 17.5 Å². The number of hydrogen-bond donors (Lipinski definition) is 0. The Morgan fingerprint density at radius 1 is 1.03 bits per heavy atom. The molecule has 2 aromatic rings. The van der Waals surface area contributed by atoms with Gasteiger partial charge in [-0.05, 0) is 36.6 Å². The monoisotopic (exact) mass is 502 g/mol. The Morgan fingerprint density at radius 3 is 2.57 bits per heavy atom. The Morgan fingerprint density at radius 2 is 1.80 bits per heavy atom. The van der Waals surface area contributed by atoms with Gasteiger partial charge in [0, 0.05) is 45.8 Å². The largest absolute Gasteiger partial charge is 0.495 e. The van der Waals surface area contributed by atoms with Gasteiger partial charge in [0.25, 0.3) is 10.0 Å². The van der Waals surface area contributed by atoms with Crippen molar-refractivity contribution in [2.45, 2.75) is 17.7 Å². The van der Waals surface area contributed by atoms with Crippen molar-refractivity contribution in [3.05, 3.63) is 42.0 Å². The summed E-state index contributed by atoms with van der Waals surface area (Å²) >= 11 is 0. The Labute approximate surface area is 205 Å². The van der Waals surface area contributed by atoms with Crippen LogP contribution in [0.1, 0.15) is 12.0 Å². The van der Waals surface area contributed by atoms with Gasteiger partial charge >= 0.3 is 6.03 Å². The number of carbonyl (C=O) groups excluding carboxylic acids is 1. The van der Waals surface area contributed by atoms with Gasteiger partial charge in [-0.2, -0.15) is 4.89 Å². The van der Waals surface area contributed by atoms with E-state index in [4.69, 9.17) is 14.5 Å². The van der Waals surface area contributed by atoms with Crippen molar-refractivity contribution in [3.63, 3.8) is 0 Å². The van der Waals surface area contributed by atoms with Gasteiger partial charge in [0.15, 0.2) is 5.75 Å². The molecule has 0 saturated carbocycles. The van der Waals surface area contributed by atoms with E-state index in [0.29, 0.717) is 31.0 Å². The summed E-state index contributed by atoms with van der Waals surface area (Å²) < 4.78 is 33.4. The molecular weight excluding hydrogens is 472 g/mol. The minimum atomic E-state index is -3.98. The molecule has 3 aliphatic heterocycles. The topological polar surface area (TPSA) is 91.9 Å². The number of fused-ring (bicyclic) bond motifs is 2. The minimum absolute atomic E-state index is 0.0936. The number of amides is 2. The maximum absolute atomic E-state index is 13.5. The van der Waals surface area contributed by atoms with Crippen molar-refractivity contribution < 1.29 is 27.7 Å². The fourth-order valence-corrected chi connectivity index (χ4v) is 6.44. The predicted molar refractivity (Wildman–Crippen MR) is 131 cm³/mol. The number of urea groups is 1. The first-order valence-electron chi connectivity index (χ1n) is 11.8. The van der Waals surface area contributed by atoms with Gasteiger partial charge < -0.3 is 14.5 Å². The normalized spacial score (nSPS) is 20.1. The number of para-hydroxylation sites is 2. The first kappa shape index (κ1) is 23.7. The summed E-state index contributed by atoms with van der Waals surface area (Å²) in [5.41, 5.74) is 2.12. The summed E-state index contributed by atoms with van der Waals surface area (Å²) in [7, 11) is -0.734. The van der Waals surface area contributed by atoms with Gasteiger partial charge in [0.05, 0.1) is 31.6 Å². The maximum Gasteiger partial charge on any atom is 0.338 e. The van der Waals surface area contributed by atoms with E-state index in [1.165, 1.54) is 4.90 Å². The van der Waals surface area contributed by atoms with Crippen molar-refractivity contribution in [3.8, 4) is 11.5 Å². The first-order chi connectivity index (χ1) is 16.9. The zero-order chi connectivity index (χ0) is 24.6. The summed E-state index contributed by atoms with van der Waals surface area (Å²) in [4.78, 5) is 29.5. The number of hydrogen-bond acceptors (Lipinski definition) is 8. The van der Waals surface area contributed by atoms with Crippen LogP contribution in [-0.4, -0.2) is 83.7 Å². The van der Waals surface area contributed by atoms with E-state index in [1.54, 1.807) is 26.3 Å². The van der Waals surface area contributed by atoms with Gasteiger partial charge in [-0.3, -0.25) is 9.80 Å². The van der Waals surface area contributed by atoms with Crippen LogP contribution in [0.15, 0.2) is 41.3 Å². The lowest BCUT2D eigenvalue weighted by atomic mass is 10.1. The number of anilines is 2. The molecule has 2 amide bonds. The van der Waals surface area contributed by atoms with Gasteiger partial charge in [0.2, 0.25) is 0 Å². The highest BCUT2D eigenvalue weighted by molar-refractivity contribution is 7.90. The third-order valence-corrected chi connectivity index (χ3v) is 8.61. The van der Waals surface area contributed by atoms with Crippen molar-refractivity contribution >= 4 is 27.4 Å². The standard InChI is InChI=1S/C24H30N4O6S/c1-25-20-17-22-18(6-5-15-33-34-22)16-23(20)35(30,31)28(24(25)29)14-11-26-9-12-27(13-10-26)19-7-3-4-8-21(19)32-2/h3-4,7-8,16-17H,5-6,9-15H2,1-2H3. The van der Waals surface area contributed by atoms with E-state index in [-0.39, 0.29) is 11.4 Å². The fraction of sp³-hybridized carbons (Fsp3) is 0.458. The molecule has 10 nitrogen and oxygen atoms in total. The van der Waals surface area contributed by atoms with Gasteiger partial charge in [-0.1, -0.05) is 12.1 Å². The lowest BCUT2D eigenvalue weighted by Crippen LogP contribution is -2.53. The van der Waals surface area contributed by atoms with Gasteiger partial charge in [-0.15, -0.1) is 0 Å². The average Bonchev–Trinajstić information content (AvgIpc) is 3.12. The molecule has 5 rings (SSSR count). The molecule has 0 aliphatic carbocycles. The van der Waals surface area contributed by atoms with Crippen molar-refractivity contribution in [1.82, 2.24) is 9.21 Å². The molecule has 0 N–H and O–H groups in total. The highest BCUT2D eigenvalue weighted by Gasteiger charge is 2.41. The van der Waals surface area contributed by atoms with E-state index in [1.807, 2.05) is 24.3 Å². The SMILES string of the molecule is COc1ccccc1N1CCN(CCN2C(=O)N(C)c3cc4c(cc3S2(=O)=O)CCCOO4)CC1. The third kappa shape index (κ3) is 4.39. The zero-order valence-corrected chi connectivity index (χ0v) is 20.8. The molecule has 0 bridgehead atoms. The number of piperazine rings is 1. The minimum Gasteiger partial charge on any atom is -0.495 e. The molecule has 35 heavy (non-hydrogen) atoms. The predicted octanol–water partition coefficient (Wildman–Crippen LogP) is 2.33. The molecule has 1 saturated heterocycles. The highest BCUT2D eigenvalue weighted by Crippen LogP contribution is 2.39. The number of methoxy groups -OCH3 is 1. The Kier molecular flexibility index (Phi) is 6.47. The smallest absolute Gasteiger partial charge is 0.338 e. The summed E-state index contributed by atoms with van der Waals surface area (Å²) in [5.74, 6) is 1.29. The third-order valence-electron chi connectivity index (χ3n) is 6.81. The van der Waals surface area contributed by atoms with Crippen LogP contribution in [-0.2, 0) is 21.3 Å². The molecule has 3 aliphatic rings. The molecule has 0 atom stereocenters. The molecule has 0 radical (unpaired) electrons. The van der Waals surface area contributed by atoms with Crippen LogP contribution in [0, 0.1) is 0 Å². The molecule has 0 spiro atoms. The van der Waals surface area contributed by atoms with Crippen molar-refractivity contribution in [1.29, 1.82) is 0 Å². The number of rotatable bonds is 5. The molecule has 0 unspecified atom stereocenters. The summed E-state index contributed by atoms with van der Waals surface area (Å²) in [6, 6.07) is 10.6. The van der Waals surface area contributed by atoms with E-state index < -0.39 is 16.1 Å². The Bertz CT molecular complexity index is 1210. The molecule has 11 heteroatoms. The van der Waals surface area contributed by atoms with Crippen LogP contribution in [0.5, 0.6) is 11.5 Å². The summed E-state index contributed by atoms with van der Waals surface area (Å²) in [6.45, 7) is 4.09. The Balaban J connectivity index is 1.28. The molecule has 3 heterocycles. The van der Waals surface area contributed by atoms with E-state index in [2.05, 4.69) is 9.80 Å². The van der Waals surface area contributed by atoms with Gasteiger partial charge in [0.1, 0.15) is 10.6 Å². The number of benzene rings is 2. The number of carbonyl (C=O) groups is 1. The van der Waals surface area contributed by atoms with Crippen LogP contribution < -0.4 is 19.4 Å². The Hall–Kier alpha value is -3.02. The molecule has 188 valence electrons. The fourth-order valence-electron chi connectivity index (χ4n) is 4.80. The van der Waals surface area contributed by atoms with Crippen molar-refractivity contribution in [2.24, 2.45) is 0 Å². The van der Waals surface area contributed by atoms with Crippen LogP contribution in [0.4, 0.5) is 16.2 Å². The average molecular weight is 503 g/mol. The molecule has 0 aromatic heterocycles. The highest BCUT2D eigenvalue weighted by atomic mass is 32.2. The van der Waals surface area contributed by atoms with Crippen LogP contribution in [0.3, 0.4) is 0 Å². The lowest BCUT2D eigenvalue weighted by molar-refractivity contribution is -0.203. The van der Waals surface area contributed by atoms with Crippen LogP contribution >= 0.6 is 0 Å². The van der Waals surface area contributed by atoms with Crippen LogP contribution in [0.2, 0.25) is 0 Å². The second-order valence-electron chi connectivity index (χ2n) is 8.86. The second kappa shape index (κ2) is 9.56. The molecule has 2 aromatic carbocycles. The number of aryl methyl sites for hydroxylation is 1. The second-order valence-corrected chi connectivity index (χ2v) is 10.7. The van der Waals surface area contributed by atoms with E-state index in [0.717, 1.165) is 53.9 Å². The quantitative estimate of drug-likeness (QED) is 0.576. The number of nitrogens with zero attached hydrogens (tertiary/aromatic N) is 4. The molecule has 1 fully saturated rings. The maximum atomic E-state index is 13.5. The number of ether oxygens (including phenoxy) is 1. The van der Waals surface area contributed by atoms with E-state index >= 15 is 0 Å². The van der Waals surface area contributed by atoms with Crippen LogP contribution in [0.25, 0.3) is 0 Å². The molecular formula is C24H30N4O6S. The number of sulfonamides is 1. The van der Waals surface area contributed by atoms with Crippen molar-refractivity contribution in [2.75, 3.05) is 69.8 Å². The van der Waals surface area contributed by atoms with E-state index in [9.17, 15) is 13.2 Å². The lowest BCUT2D eigenvalue weighted by Gasteiger charge is -2.38. The zero-order valence-electron chi connectivity index (χ0n) is 20.0. The summed E-state index contributed by atoms with van der Waals surface area (Å²) in [5, 5.41) is 0.